The molecular weight excluding hydrogens is 413 g/mol. The van der Waals surface area contributed by atoms with Crippen molar-refractivity contribution in [3.05, 3.63) is 59.1 Å². The van der Waals surface area contributed by atoms with E-state index in [1.54, 1.807) is 0 Å². The van der Waals surface area contributed by atoms with Crippen molar-refractivity contribution < 1.29 is 0 Å². The second-order valence-electron chi connectivity index (χ2n) is 7.68. The van der Waals surface area contributed by atoms with Crippen molar-refractivity contribution >= 4 is 36.4 Å². The molecule has 6 heteroatoms. The number of hydrogen-bond acceptors (Lipinski definition) is 3. The van der Waals surface area contributed by atoms with E-state index in [9.17, 15) is 0 Å². The van der Waals surface area contributed by atoms with Crippen molar-refractivity contribution in [1.82, 2.24) is 15.1 Å². The first-order chi connectivity index (χ1) is 12.7. The highest BCUT2D eigenvalue weighted by Crippen LogP contribution is 2.41. The van der Waals surface area contributed by atoms with Crippen molar-refractivity contribution in [2.45, 2.75) is 18.4 Å². The summed E-state index contributed by atoms with van der Waals surface area (Å²) in [7, 11) is 2.21. The van der Waals surface area contributed by atoms with Gasteiger partial charge in [0.05, 0.1) is 0 Å². The van der Waals surface area contributed by atoms with E-state index in [-0.39, 0.29) is 24.8 Å². The fourth-order valence-corrected chi connectivity index (χ4v) is 4.05. The van der Waals surface area contributed by atoms with Crippen molar-refractivity contribution in [1.29, 1.82) is 0 Å². The molecule has 0 bridgehead atoms. The van der Waals surface area contributed by atoms with E-state index in [1.807, 2.05) is 18.2 Å². The number of hydrogen-bond donors (Lipinski definition) is 1. The summed E-state index contributed by atoms with van der Waals surface area (Å²) in [5, 5.41) is 4.53. The van der Waals surface area contributed by atoms with Crippen molar-refractivity contribution in [3.8, 4) is 11.1 Å². The zero-order valence-electron chi connectivity index (χ0n) is 16.3. The van der Waals surface area contributed by atoms with Gasteiger partial charge in [-0.25, -0.2) is 0 Å². The van der Waals surface area contributed by atoms with Gasteiger partial charge in [0.15, 0.2) is 0 Å². The van der Waals surface area contributed by atoms with Crippen LogP contribution in [0.25, 0.3) is 11.1 Å². The summed E-state index contributed by atoms with van der Waals surface area (Å²) in [6.07, 6.45) is 1.26. The first-order valence-corrected chi connectivity index (χ1v) is 10.1. The quantitative estimate of drug-likeness (QED) is 0.708. The van der Waals surface area contributed by atoms with Gasteiger partial charge in [-0.05, 0) is 42.3 Å². The van der Waals surface area contributed by atoms with Gasteiger partial charge in [-0.3, -0.25) is 4.90 Å². The van der Waals surface area contributed by atoms with Gasteiger partial charge in [0, 0.05) is 56.3 Å². The van der Waals surface area contributed by atoms with Crippen LogP contribution < -0.4 is 5.32 Å². The van der Waals surface area contributed by atoms with Crippen LogP contribution in [0.15, 0.2) is 48.5 Å². The Balaban J connectivity index is 0.00000140. The zero-order chi connectivity index (χ0) is 17.9. The predicted molar refractivity (Wildman–Crippen MR) is 124 cm³/mol. The minimum absolute atomic E-state index is 0. The summed E-state index contributed by atoms with van der Waals surface area (Å²) in [5.41, 5.74) is 3.87. The average molecular weight is 443 g/mol. The fraction of sp³-hybridized carbons (Fsp3) is 0.455. The molecule has 0 spiro atoms. The molecule has 0 aromatic heterocycles. The summed E-state index contributed by atoms with van der Waals surface area (Å²) in [4.78, 5) is 4.98. The minimum Gasteiger partial charge on any atom is -0.312 e. The topological polar surface area (TPSA) is 18.5 Å². The van der Waals surface area contributed by atoms with Gasteiger partial charge in [0.25, 0.3) is 0 Å². The van der Waals surface area contributed by atoms with Crippen LogP contribution >= 0.6 is 36.4 Å². The molecule has 2 aliphatic rings. The highest BCUT2D eigenvalue weighted by molar-refractivity contribution is 6.30. The van der Waals surface area contributed by atoms with Gasteiger partial charge in [-0.15, -0.1) is 24.8 Å². The van der Waals surface area contributed by atoms with E-state index in [4.69, 9.17) is 11.6 Å². The van der Waals surface area contributed by atoms with Gasteiger partial charge in [-0.2, -0.15) is 0 Å². The zero-order valence-corrected chi connectivity index (χ0v) is 18.7. The highest BCUT2D eigenvalue weighted by Gasteiger charge is 2.37. The smallest absolute Gasteiger partial charge is 0.0412 e. The third-order valence-corrected chi connectivity index (χ3v) is 5.95. The number of nitrogens with one attached hydrogen (secondary N) is 1. The summed E-state index contributed by atoms with van der Waals surface area (Å²) in [5.74, 6) is 0.677. The van der Waals surface area contributed by atoms with Gasteiger partial charge in [-0.1, -0.05) is 48.0 Å². The van der Waals surface area contributed by atoms with Crippen molar-refractivity contribution in [2.24, 2.45) is 0 Å². The number of benzene rings is 2. The van der Waals surface area contributed by atoms with Crippen LogP contribution in [0.5, 0.6) is 0 Å². The van der Waals surface area contributed by atoms with E-state index >= 15 is 0 Å². The van der Waals surface area contributed by atoms with E-state index in [0.717, 1.165) is 11.6 Å². The summed E-state index contributed by atoms with van der Waals surface area (Å²) >= 11 is 6.10. The Kier molecular flexibility index (Phi) is 9.07. The first kappa shape index (κ1) is 23.5. The molecule has 2 unspecified atom stereocenters. The summed E-state index contributed by atoms with van der Waals surface area (Å²) in [6.45, 7) is 7.08. The Labute approximate surface area is 186 Å². The number of piperazine rings is 1. The lowest BCUT2D eigenvalue weighted by molar-refractivity contribution is 0.154. The van der Waals surface area contributed by atoms with E-state index in [1.165, 1.54) is 55.8 Å². The van der Waals surface area contributed by atoms with Gasteiger partial charge in [0.2, 0.25) is 0 Å². The number of halogens is 3. The number of rotatable bonds is 6. The Morgan fingerprint density at radius 3 is 2.36 bits per heavy atom. The Morgan fingerprint density at radius 1 is 0.964 bits per heavy atom. The molecule has 1 aliphatic carbocycles. The van der Waals surface area contributed by atoms with E-state index in [2.05, 4.69) is 52.5 Å². The third-order valence-electron chi connectivity index (χ3n) is 5.72. The van der Waals surface area contributed by atoms with Gasteiger partial charge < -0.3 is 10.2 Å². The van der Waals surface area contributed by atoms with Crippen molar-refractivity contribution in [3.63, 3.8) is 0 Å². The molecular formula is C22H30Cl3N3. The summed E-state index contributed by atoms with van der Waals surface area (Å²) in [6, 6.07) is 17.7. The second-order valence-corrected chi connectivity index (χ2v) is 8.12. The SMILES string of the molecule is CN1CCN(CCNC2CC2c2ccc(-c3cccc(Cl)c3)cc2)CC1.Cl.Cl. The second kappa shape index (κ2) is 10.8. The minimum atomic E-state index is 0. The molecule has 1 saturated heterocycles. The molecule has 0 amide bonds. The molecule has 28 heavy (non-hydrogen) atoms. The highest BCUT2D eigenvalue weighted by atomic mass is 35.5. The molecule has 1 saturated carbocycles. The summed E-state index contributed by atoms with van der Waals surface area (Å²) < 4.78 is 0. The molecule has 2 fully saturated rings. The molecule has 2 aromatic rings. The normalized spacial score (nSPS) is 22.2. The molecule has 1 heterocycles. The molecule has 4 rings (SSSR count). The first-order valence-electron chi connectivity index (χ1n) is 9.69. The van der Waals surface area contributed by atoms with Crippen LogP contribution in [-0.2, 0) is 0 Å². The molecule has 1 aliphatic heterocycles. The van der Waals surface area contributed by atoms with Gasteiger partial charge in [0.1, 0.15) is 0 Å². The Morgan fingerprint density at radius 2 is 1.68 bits per heavy atom. The lowest BCUT2D eigenvalue weighted by Gasteiger charge is -2.32. The maximum atomic E-state index is 6.10. The maximum Gasteiger partial charge on any atom is 0.0412 e. The lowest BCUT2D eigenvalue weighted by Crippen LogP contribution is -2.46. The molecule has 2 atom stereocenters. The third kappa shape index (κ3) is 6.09. The monoisotopic (exact) mass is 441 g/mol. The Bertz CT molecular complexity index is 730. The number of likely N-dealkylation sites (N-methyl/N-ethyl adjacent to an activating group) is 1. The van der Waals surface area contributed by atoms with Crippen LogP contribution in [-0.4, -0.2) is 62.2 Å². The predicted octanol–water partition coefficient (Wildman–Crippen LogP) is 4.54. The van der Waals surface area contributed by atoms with Crippen LogP contribution in [0, 0.1) is 0 Å². The molecule has 1 N–H and O–H groups in total. The number of nitrogens with zero attached hydrogens (tertiary/aromatic N) is 2. The van der Waals surface area contributed by atoms with Crippen molar-refractivity contribution in [2.75, 3.05) is 46.3 Å². The van der Waals surface area contributed by atoms with Gasteiger partial charge >= 0.3 is 0 Å². The van der Waals surface area contributed by atoms with E-state index < -0.39 is 0 Å². The van der Waals surface area contributed by atoms with Crippen LogP contribution in [0.1, 0.15) is 17.9 Å². The lowest BCUT2D eigenvalue weighted by atomic mass is 10.0. The Hall–Kier alpha value is -0.810. The molecule has 154 valence electrons. The molecule has 2 aromatic carbocycles. The van der Waals surface area contributed by atoms with E-state index in [0.29, 0.717) is 12.0 Å². The maximum absolute atomic E-state index is 6.10. The average Bonchev–Trinajstić information content (AvgIpc) is 3.43. The fourth-order valence-electron chi connectivity index (χ4n) is 3.86. The van der Waals surface area contributed by atoms with Crippen LogP contribution in [0.3, 0.4) is 0 Å². The largest absolute Gasteiger partial charge is 0.312 e. The van der Waals surface area contributed by atoms with Crippen LogP contribution in [0.4, 0.5) is 0 Å². The van der Waals surface area contributed by atoms with Crippen LogP contribution in [0.2, 0.25) is 5.02 Å². The molecule has 3 nitrogen and oxygen atoms in total. The molecule has 0 radical (unpaired) electrons. The standard InChI is InChI=1S/C22H28ClN3.2ClH/c1-25-11-13-26(14-12-25)10-9-24-22-16-21(22)18-7-5-17(6-8-18)19-3-2-4-20(23)15-19;;/h2-8,15,21-22,24H,9-14,16H2,1H3;2*1H.